The highest BCUT2D eigenvalue weighted by Crippen LogP contribution is 2.18. The number of ether oxygens (including phenoxy) is 1. The van der Waals surface area contributed by atoms with Gasteiger partial charge < -0.3 is 4.74 Å². The molecule has 0 bridgehead atoms. The monoisotopic (exact) mass is 132 g/mol. The van der Waals surface area contributed by atoms with Gasteiger partial charge in [0.2, 0.25) is 0 Å². The van der Waals surface area contributed by atoms with Crippen LogP contribution in [0.25, 0.3) is 0 Å². The van der Waals surface area contributed by atoms with Gasteiger partial charge in [-0.05, 0) is 6.42 Å². The maximum absolute atomic E-state index is 5.77. The number of hydrogen-bond acceptors (Lipinski definition) is 1. The highest BCUT2D eigenvalue weighted by Gasteiger charge is 2.18. The summed E-state index contributed by atoms with van der Waals surface area (Å²) in [6.45, 7) is 0. The van der Waals surface area contributed by atoms with E-state index >= 15 is 0 Å². The largest absolute Gasteiger partial charge is 0.379 e. The van der Waals surface area contributed by atoms with Crippen LogP contribution < -0.4 is 0 Å². The quantitative estimate of drug-likeness (QED) is 0.389. The van der Waals surface area contributed by atoms with Crippen LogP contribution in [-0.4, -0.2) is 18.6 Å². The highest BCUT2D eigenvalue weighted by molar-refractivity contribution is 6.22. The second-order valence-corrected chi connectivity index (χ2v) is 2.39. The van der Waals surface area contributed by atoms with E-state index in [1.165, 1.54) is 0 Å². The van der Waals surface area contributed by atoms with Crippen LogP contribution in [0.1, 0.15) is 6.42 Å². The van der Waals surface area contributed by atoms with Crippen molar-refractivity contribution in [2.75, 3.05) is 7.11 Å². The van der Waals surface area contributed by atoms with Gasteiger partial charge in [-0.25, -0.2) is 0 Å². The first-order valence-corrected chi connectivity index (χ1v) is 3.12. The summed E-state index contributed by atoms with van der Waals surface area (Å²) >= 11 is 5.77. The van der Waals surface area contributed by atoms with Crippen LogP contribution in [0.3, 0.4) is 0 Å². The molecule has 0 spiro atoms. The summed E-state index contributed by atoms with van der Waals surface area (Å²) < 4.78 is 5.03. The minimum atomic E-state index is 0.0972. The molecule has 2 heteroatoms. The normalized spacial score (nSPS) is 36.2. The van der Waals surface area contributed by atoms with E-state index in [9.17, 15) is 0 Å². The second-order valence-electron chi connectivity index (χ2n) is 1.88. The third kappa shape index (κ3) is 1.04. The summed E-state index contributed by atoms with van der Waals surface area (Å²) in [6.07, 6.45) is 5.20. The average Bonchev–Trinajstić information content (AvgIpc) is 2.14. The molecule has 0 aromatic heterocycles. The molecule has 0 aromatic carbocycles. The van der Waals surface area contributed by atoms with Gasteiger partial charge in [0.15, 0.2) is 0 Å². The molecule has 0 aliphatic heterocycles. The molecule has 0 unspecified atom stereocenters. The Bertz CT molecular complexity index is 101. The zero-order valence-corrected chi connectivity index (χ0v) is 5.56. The summed E-state index contributed by atoms with van der Waals surface area (Å²) in [6, 6.07) is 0. The lowest BCUT2D eigenvalue weighted by Crippen LogP contribution is -2.15. The Kier molecular flexibility index (Phi) is 1.92. The first-order valence-electron chi connectivity index (χ1n) is 2.68. The summed E-state index contributed by atoms with van der Waals surface area (Å²) in [5, 5.41) is 0.0972. The minimum absolute atomic E-state index is 0.0972. The van der Waals surface area contributed by atoms with Crippen molar-refractivity contribution in [2.24, 2.45) is 0 Å². The molecule has 1 aliphatic rings. The fourth-order valence-electron chi connectivity index (χ4n) is 0.823. The highest BCUT2D eigenvalue weighted by atomic mass is 35.5. The van der Waals surface area contributed by atoms with Gasteiger partial charge in [0.25, 0.3) is 0 Å². The van der Waals surface area contributed by atoms with Crippen molar-refractivity contribution in [2.45, 2.75) is 17.9 Å². The molecule has 0 saturated carbocycles. The minimum Gasteiger partial charge on any atom is -0.379 e. The lowest BCUT2D eigenvalue weighted by molar-refractivity contribution is 0.116. The Labute approximate surface area is 54.3 Å². The molecule has 0 radical (unpaired) electrons. The zero-order valence-electron chi connectivity index (χ0n) is 4.80. The van der Waals surface area contributed by atoms with E-state index < -0.39 is 0 Å². The van der Waals surface area contributed by atoms with Crippen molar-refractivity contribution >= 4 is 11.6 Å². The molecule has 0 amide bonds. The predicted octanol–water partition coefficient (Wildman–Crippen LogP) is 1.57. The molecule has 0 saturated heterocycles. The van der Waals surface area contributed by atoms with Crippen LogP contribution >= 0.6 is 11.6 Å². The number of rotatable bonds is 1. The van der Waals surface area contributed by atoms with Gasteiger partial charge >= 0.3 is 0 Å². The number of halogens is 1. The Hall–Kier alpha value is -0.0100. The van der Waals surface area contributed by atoms with Crippen molar-refractivity contribution in [1.82, 2.24) is 0 Å². The number of methoxy groups -OCH3 is 1. The van der Waals surface area contributed by atoms with Crippen molar-refractivity contribution in [3.63, 3.8) is 0 Å². The smallest absolute Gasteiger partial charge is 0.0804 e. The van der Waals surface area contributed by atoms with Gasteiger partial charge in [0.1, 0.15) is 0 Å². The standard InChI is InChI=1S/C6H9ClO/c1-8-6-4-2-3-5(6)7/h2-3,5-6H,4H2,1H3/t5-,6+/m0/s1. The summed E-state index contributed by atoms with van der Waals surface area (Å²) in [5.74, 6) is 0. The van der Waals surface area contributed by atoms with E-state index in [0.717, 1.165) is 6.42 Å². The lowest BCUT2D eigenvalue weighted by atomic mass is 10.3. The van der Waals surface area contributed by atoms with Crippen LogP contribution in [0.4, 0.5) is 0 Å². The number of alkyl halides is 1. The SMILES string of the molecule is CO[C@@H]1CC=C[C@@H]1Cl. The van der Waals surface area contributed by atoms with E-state index in [2.05, 4.69) is 0 Å². The molecular weight excluding hydrogens is 124 g/mol. The molecule has 8 heavy (non-hydrogen) atoms. The molecule has 0 fully saturated rings. The van der Waals surface area contributed by atoms with Crippen molar-refractivity contribution in [3.8, 4) is 0 Å². The Morgan fingerprint density at radius 1 is 1.75 bits per heavy atom. The molecule has 0 aromatic rings. The molecular formula is C6H9ClO. The first-order chi connectivity index (χ1) is 3.84. The summed E-state index contributed by atoms with van der Waals surface area (Å²) in [4.78, 5) is 0. The van der Waals surface area contributed by atoms with Crippen LogP contribution in [-0.2, 0) is 4.74 Å². The molecule has 1 aliphatic carbocycles. The van der Waals surface area contributed by atoms with E-state index in [1.54, 1.807) is 7.11 Å². The Morgan fingerprint density at radius 3 is 2.75 bits per heavy atom. The molecule has 0 N–H and O–H groups in total. The predicted molar refractivity (Wildman–Crippen MR) is 34.2 cm³/mol. The van der Waals surface area contributed by atoms with Gasteiger partial charge in [-0.3, -0.25) is 0 Å². The van der Waals surface area contributed by atoms with Gasteiger partial charge in [-0.15, -0.1) is 11.6 Å². The maximum atomic E-state index is 5.77. The lowest BCUT2D eigenvalue weighted by Gasteiger charge is -2.09. The van der Waals surface area contributed by atoms with Crippen LogP contribution in [0.5, 0.6) is 0 Å². The first kappa shape index (κ1) is 6.12. The van der Waals surface area contributed by atoms with Crippen LogP contribution in [0.15, 0.2) is 12.2 Å². The van der Waals surface area contributed by atoms with E-state index in [4.69, 9.17) is 16.3 Å². The molecule has 1 rings (SSSR count). The van der Waals surface area contributed by atoms with Gasteiger partial charge in [0, 0.05) is 7.11 Å². The molecule has 0 heterocycles. The fourth-order valence-corrected chi connectivity index (χ4v) is 1.13. The number of hydrogen-bond donors (Lipinski definition) is 0. The van der Waals surface area contributed by atoms with Crippen LogP contribution in [0.2, 0.25) is 0 Å². The second kappa shape index (κ2) is 2.51. The summed E-state index contributed by atoms with van der Waals surface area (Å²) in [7, 11) is 1.69. The van der Waals surface area contributed by atoms with Crippen LogP contribution in [0, 0.1) is 0 Å². The van der Waals surface area contributed by atoms with Gasteiger partial charge in [0.05, 0.1) is 11.5 Å². The fraction of sp³-hybridized carbons (Fsp3) is 0.667. The maximum Gasteiger partial charge on any atom is 0.0804 e. The van der Waals surface area contributed by atoms with Gasteiger partial charge in [-0.2, -0.15) is 0 Å². The van der Waals surface area contributed by atoms with E-state index in [0.29, 0.717) is 0 Å². The van der Waals surface area contributed by atoms with E-state index in [1.807, 2.05) is 12.2 Å². The van der Waals surface area contributed by atoms with E-state index in [-0.39, 0.29) is 11.5 Å². The molecule has 46 valence electrons. The Balaban J connectivity index is 2.38. The third-order valence-electron chi connectivity index (χ3n) is 1.35. The molecule has 2 atom stereocenters. The average molecular weight is 133 g/mol. The summed E-state index contributed by atoms with van der Waals surface area (Å²) in [5.41, 5.74) is 0. The Morgan fingerprint density at radius 2 is 2.50 bits per heavy atom. The van der Waals surface area contributed by atoms with Crippen molar-refractivity contribution in [1.29, 1.82) is 0 Å². The topological polar surface area (TPSA) is 9.23 Å². The van der Waals surface area contributed by atoms with Crippen molar-refractivity contribution < 1.29 is 4.74 Å². The van der Waals surface area contributed by atoms with Gasteiger partial charge in [-0.1, -0.05) is 12.2 Å². The zero-order chi connectivity index (χ0) is 5.98. The third-order valence-corrected chi connectivity index (χ3v) is 1.77. The van der Waals surface area contributed by atoms with Crippen molar-refractivity contribution in [3.05, 3.63) is 12.2 Å². The molecule has 1 nitrogen and oxygen atoms in total.